The lowest BCUT2D eigenvalue weighted by atomic mass is 9.87. The van der Waals surface area contributed by atoms with Crippen LogP contribution in [0.2, 0.25) is 0 Å². The molecule has 2 unspecified atom stereocenters. The third-order valence-corrected chi connectivity index (χ3v) is 15.1. The molecule has 66 heavy (non-hydrogen) atoms. The van der Waals surface area contributed by atoms with Crippen molar-refractivity contribution in [3.05, 3.63) is 153 Å². The molecular formula is C50H50ClN7O6S2. The smallest absolute Gasteiger partial charge is 0.214 e. The third kappa shape index (κ3) is 14.4. The van der Waals surface area contributed by atoms with E-state index in [9.17, 15) is 26.4 Å². The second kappa shape index (κ2) is 23.8. The number of benzene rings is 4. The van der Waals surface area contributed by atoms with Crippen LogP contribution < -0.4 is 0 Å². The topological polar surface area (TPSA) is 207 Å². The Morgan fingerprint density at radius 1 is 0.576 bits per heavy atom. The van der Waals surface area contributed by atoms with Crippen LogP contribution in [-0.2, 0) is 42.5 Å². The molecule has 2 atom stereocenters. The molecule has 13 nitrogen and oxygen atoms in total. The van der Waals surface area contributed by atoms with E-state index in [0.717, 1.165) is 22.3 Å². The van der Waals surface area contributed by atoms with Crippen molar-refractivity contribution >= 4 is 55.4 Å². The first-order valence-electron chi connectivity index (χ1n) is 21.2. The molecule has 0 amide bonds. The average Bonchev–Trinajstić information content (AvgIpc) is 3.31. The number of hydrogen-bond acceptors (Lipinski definition) is 11. The molecule has 0 spiro atoms. The molecule has 0 N–H and O–H groups in total. The van der Waals surface area contributed by atoms with Gasteiger partial charge in [0.25, 0.3) is 0 Å². The van der Waals surface area contributed by atoms with Crippen LogP contribution in [-0.4, -0.2) is 106 Å². The Kier molecular flexibility index (Phi) is 18.3. The molecule has 340 valence electrons. The van der Waals surface area contributed by atoms with Crippen LogP contribution in [0.5, 0.6) is 0 Å². The molecule has 0 radical (unpaired) electrons. The molecule has 2 saturated heterocycles. The summed E-state index contributed by atoms with van der Waals surface area (Å²) >= 11 is 5.70. The maximum atomic E-state index is 13.4. The van der Waals surface area contributed by atoms with E-state index in [0.29, 0.717) is 65.6 Å². The lowest BCUT2D eigenvalue weighted by Crippen LogP contribution is -2.47. The summed E-state index contributed by atoms with van der Waals surface area (Å²) in [4.78, 5) is 28.6. The van der Waals surface area contributed by atoms with Crippen molar-refractivity contribution < 1.29 is 26.4 Å². The number of carbonyl (C=O) groups excluding carboxylic acids is 2. The highest BCUT2D eigenvalue weighted by Crippen LogP contribution is 2.28. The van der Waals surface area contributed by atoms with Gasteiger partial charge in [-0.3, -0.25) is 9.59 Å². The van der Waals surface area contributed by atoms with Gasteiger partial charge in [0.1, 0.15) is 0 Å². The highest BCUT2D eigenvalue weighted by atomic mass is 35.5. The molecule has 2 aliphatic heterocycles. The van der Waals surface area contributed by atoms with E-state index in [4.69, 9.17) is 32.6 Å². The molecule has 4 aromatic carbocycles. The minimum atomic E-state index is -3.57. The minimum absolute atomic E-state index is 0.00727. The van der Waals surface area contributed by atoms with Gasteiger partial charge in [-0.1, -0.05) is 48.5 Å². The van der Waals surface area contributed by atoms with Gasteiger partial charge in [-0.25, -0.2) is 16.8 Å². The van der Waals surface area contributed by atoms with Crippen LogP contribution in [0.1, 0.15) is 57.3 Å². The highest BCUT2D eigenvalue weighted by Gasteiger charge is 2.38. The SMILES string of the molecule is CN(C)CCCS(=O)(=O)N1C/C(=C\c2ccc(C#N)cc2)C(=O)C(Cc2ccc(C#N)cc2)C1.N#Cc1ccc(/C=C2\CN(S(=O)(=O)CCCCl)CC(Cc3ccc(C#N)cc3)C2=O)cc1. The average molecular weight is 945 g/mol. The number of alkyl halides is 1. The monoisotopic (exact) mass is 943 g/mol. The van der Waals surface area contributed by atoms with Crippen molar-refractivity contribution in [3.8, 4) is 24.3 Å². The van der Waals surface area contributed by atoms with Crippen LogP contribution in [0.3, 0.4) is 0 Å². The largest absolute Gasteiger partial charge is 0.309 e. The standard InChI is InChI=1S/C26H28N4O3S.C24H22ClN3O3S/c1-29(2)12-3-13-34(32,33)30-18-24(14-20-4-8-22(16-27)9-5-20)26(31)25(19-30)15-21-6-10-23(17-28)11-7-21;25-10-1-11-32(30,31)28-16-22(12-18-2-6-20(14-26)7-3-18)24(29)23(17-28)13-19-4-8-21(15-27)9-5-19/h4-11,14,25H,3,12-13,15,18-19H2,1-2H3;2-9,12,23H,1,10-11,13,16-17H2/b24-14+;22-12+. The second-order valence-electron chi connectivity index (χ2n) is 16.4. The number of carbonyl (C=O) groups is 2. The van der Waals surface area contributed by atoms with Crippen LogP contribution in [0, 0.1) is 57.2 Å². The van der Waals surface area contributed by atoms with Crippen molar-refractivity contribution in [2.45, 2.75) is 25.7 Å². The summed E-state index contributed by atoms with van der Waals surface area (Å²) in [5.41, 5.74) is 6.13. The van der Waals surface area contributed by atoms with Crippen LogP contribution >= 0.6 is 11.6 Å². The number of rotatable bonds is 15. The van der Waals surface area contributed by atoms with Crippen molar-refractivity contribution in [3.63, 3.8) is 0 Å². The maximum absolute atomic E-state index is 13.4. The Balaban J connectivity index is 0.000000248. The Labute approximate surface area is 393 Å². The summed E-state index contributed by atoms with van der Waals surface area (Å²) < 4.78 is 54.8. The van der Waals surface area contributed by atoms with Crippen LogP contribution in [0.25, 0.3) is 12.2 Å². The van der Waals surface area contributed by atoms with Gasteiger partial charge in [-0.2, -0.15) is 29.7 Å². The summed E-state index contributed by atoms with van der Waals surface area (Å²) in [5, 5.41) is 36.0. The van der Waals surface area contributed by atoms with E-state index in [2.05, 4.69) is 18.2 Å². The molecule has 6 rings (SSSR count). The van der Waals surface area contributed by atoms with Gasteiger partial charge in [0, 0.05) is 55.0 Å². The molecule has 0 aliphatic carbocycles. The normalized spacial score (nSPS) is 18.2. The number of nitrogens with zero attached hydrogens (tertiary/aromatic N) is 7. The lowest BCUT2D eigenvalue weighted by molar-refractivity contribution is -0.121. The van der Waals surface area contributed by atoms with E-state index in [-0.39, 0.29) is 55.1 Å². The first-order valence-corrected chi connectivity index (χ1v) is 25.0. The van der Waals surface area contributed by atoms with Gasteiger partial charge in [0.15, 0.2) is 11.6 Å². The summed E-state index contributed by atoms with van der Waals surface area (Å²) in [7, 11) is -3.32. The number of Topliss-reactive ketones (excluding diaryl/α,β-unsaturated/α-hetero) is 2. The Morgan fingerprint density at radius 3 is 1.23 bits per heavy atom. The van der Waals surface area contributed by atoms with Crippen molar-refractivity contribution in [1.82, 2.24) is 13.5 Å². The molecule has 4 aromatic rings. The fraction of sp³-hybridized carbons (Fsp3) is 0.320. The van der Waals surface area contributed by atoms with Crippen LogP contribution in [0.4, 0.5) is 0 Å². The Bertz CT molecular complexity index is 2820. The number of nitriles is 4. The fourth-order valence-corrected chi connectivity index (χ4v) is 10.9. The van der Waals surface area contributed by atoms with Gasteiger partial charge in [-0.15, -0.1) is 11.6 Å². The molecule has 2 aliphatic rings. The van der Waals surface area contributed by atoms with E-state index in [1.54, 1.807) is 109 Å². The minimum Gasteiger partial charge on any atom is -0.309 e. The van der Waals surface area contributed by atoms with Crippen LogP contribution in [0.15, 0.2) is 108 Å². The number of ketones is 2. The van der Waals surface area contributed by atoms with Crippen molar-refractivity contribution in [2.75, 3.05) is 64.2 Å². The first-order chi connectivity index (χ1) is 31.6. The molecule has 0 aromatic heterocycles. The fourth-order valence-electron chi connectivity index (χ4n) is 7.59. The van der Waals surface area contributed by atoms with E-state index < -0.39 is 31.9 Å². The van der Waals surface area contributed by atoms with Gasteiger partial charge in [0.2, 0.25) is 20.0 Å². The summed E-state index contributed by atoms with van der Waals surface area (Å²) in [6.07, 6.45) is 5.02. The van der Waals surface area contributed by atoms with Gasteiger partial charge in [-0.05, 0) is 129 Å². The van der Waals surface area contributed by atoms with Crippen molar-refractivity contribution in [1.29, 1.82) is 21.0 Å². The number of sulfonamides is 2. The quantitative estimate of drug-likeness (QED) is 0.0947. The van der Waals surface area contributed by atoms with Gasteiger partial charge < -0.3 is 4.90 Å². The zero-order chi connectivity index (χ0) is 47.9. The van der Waals surface area contributed by atoms with Gasteiger partial charge in [0.05, 0.1) is 58.0 Å². The summed E-state index contributed by atoms with van der Waals surface area (Å²) in [5.74, 6) is -1.03. The Morgan fingerprint density at radius 2 is 0.909 bits per heavy atom. The van der Waals surface area contributed by atoms with E-state index in [1.807, 2.05) is 25.1 Å². The van der Waals surface area contributed by atoms with E-state index in [1.165, 1.54) is 8.61 Å². The maximum Gasteiger partial charge on any atom is 0.214 e. The lowest BCUT2D eigenvalue weighted by Gasteiger charge is -2.33. The second-order valence-corrected chi connectivity index (χ2v) is 20.9. The molecular weight excluding hydrogens is 894 g/mol. The first kappa shape index (κ1) is 50.7. The van der Waals surface area contributed by atoms with E-state index >= 15 is 0 Å². The zero-order valence-corrected chi connectivity index (χ0v) is 39.2. The highest BCUT2D eigenvalue weighted by molar-refractivity contribution is 7.89. The predicted molar refractivity (Wildman–Crippen MR) is 254 cm³/mol. The molecule has 2 heterocycles. The zero-order valence-electron chi connectivity index (χ0n) is 36.8. The van der Waals surface area contributed by atoms with Crippen molar-refractivity contribution in [2.24, 2.45) is 11.8 Å². The molecule has 0 bridgehead atoms. The molecule has 16 heteroatoms. The predicted octanol–water partition coefficient (Wildman–Crippen LogP) is 6.35. The molecule has 0 saturated carbocycles. The number of piperidine rings is 2. The third-order valence-electron chi connectivity index (χ3n) is 11.1. The van der Waals surface area contributed by atoms with Gasteiger partial charge >= 0.3 is 0 Å². The molecule has 2 fully saturated rings. The summed E-state index contributed by atoms with van der Waals surface area (Å²) in [6.45, 7) is 0.941. The number of halogens is 1. The summed E-state index contributed by atoms with van der Waals surface area (Å²) in [6, 6.07) is 35.8. The Hall–Kier alpha value is -6.27. The number of hydrogen-bond donors (Lipinski definition) is 0.